The number of aromatic nitrogens is 1. The summed E-state index contributed by atoms with van der Waals surface area (Å²) in [6.45, 7) is 0. The van der Waals surface area contributed by atoms with Gasteiger partial charge in [-0.25, -0.2) is 0 Å². The normalized spacial score (nSPS) is 11.5. The van der Waals surface area contributed by atoms with E-state index in [1.165, 1.54) is 38.5 Å². The van der Waals surface area contributed by atoms with E-state index in [9.17, 15) is 0 Å². The third kappa shape index (κ3) is 6.55. The number of fused-ring (bicyclic) bond motifs is 6. The van der Waals surface area contributed by atoms with E-state index in [1.54, 1.807) is 0 Å². The summed E-state index contributed by atoms with van der Waals surface area (Å²) in [4.78, 5) is 2.36. The van der Waals surface area contributed by atoms with E-state index in [0.29, 0.717) is 0 Å². The molecule has 0 atom stereocenters. The van der Waals surface area contributed by atoms with Crippen molar-refractivity contribution in [2.75, 3.05) is 4.90 Å². The molecule has 0 aliphatic rings. The quantitative estimate of drug-likeness (QED) is 0.153. The van der Waals surface area contributed by atoms with E-state index in [4.69, 9.17) is 4.42 Å². The molecular formula is C60H40N2O. The minimum Gasteiger partial charge on any atom is -0.456 e. The second-order valence-electron chi connectivity index (χ2n) is 16.2. The van der Waals surface area contributed by atoms with Crippen LogP contribution in [0.2, 0.25) is 0 Å². The van der Waals surface area contributed by atoms with E-state index in [1.807, 2.05) is 12.1 Å². The third-order valence-electron chi connectivity index (χ3n) is 12.4. The molecule has 0 unspecified atom stereocenters. The molecule has 0 spiro atoms. The Bertz CT molecular complexity index is 3560. The lowest BCUT2D eigenvalue weighted by molar-refractivity contribution is 0.669. The van der Waals surface area contributed by atoms with Crippen molar-refractivity contribution in [3.05, 3.63) is 243 Å². The van der Waals surface area contributed by atoms with Crippen LogP contribution in [0, 0.1) is 0 Å². The molecule has 0 saturated heterocycles. The van der Waals surface area contributed by atoms with Gasteiger partial charge in [0.2, 0.25) is 0 Å². The Balaban J connectivity index is 0.940. The summed E-state index contributed by atoms with van der Waals surface area (Å²) in [6, 6.07) is 87.2. The minimum absolute atomic E-state index is 0.889. The lowest BCUT2D eigenvalue weighted by Gasteiger charge is -2.27. The molecule has 0 aliphatic carbocycles. The molecule has 0 saturated carbocycles. The lowest BCUT2D eigenvalue weighted by Crippen LogP contribution is -2.10. The van der Waals surface area contributed by atoms with Crippen molar-refractivity contribution in [1.82, 2.24) is 4.57 Å². The van der Waals surface area contributed by atoms with E-state index in [-0.39, 0.29) is 0 Å². The highest BCUT2D eigenvalue weighted by molar-refractivity contribution is 6.09. The fraction of sp³-hybridized carbons (Fsp3) is 0. The average molecular weight is 805 g/mol. The molecule has 0 N–H and O–H groups in total. The van der Waals surface area contributed by atoms with E-state index >= 15 is 0 Å². The summed E-state index contributed by atoms with van der Waals surface area (Å²) in [5.41, 5.74) is 17.8. The zero-order chi connectivity index (χ0) is 41.7. The summed E-state index contributed by atoms with van der Waals surface area (Å²) in [5.74, 6) is 0. The third-order valence-corrected chi connectivity index (χ3v) is 12.4. The number of nitrogens with zero attached hydrogens (tertiary/aromatic N) is 2. The van der Waals surface area contributed by atoms with E-state index < -0.39 is 0 Å². The molecule has 296 valence electrons. The van der Waals surface area contributed by atoms with Crippen LogP contribution >= 0.6 is 0 Å². The first-order valence-corrected chi connectivity index (χ1v) is 21.5. The molecule has 2 aromatic heterocycles. The average Bonchev–Trinajstić information content (AvgIpc) is 3.90. The highest BCUT2D eigenvalue weighted by Crippen LogP contribution is 2.41. The van der Waals surface area contributed by atoms with Gasteiger partial charge in [-0.2, -0.15) is 0 Å². The SMILES string of the molecule is c1ccc(-c2ccc(-c3cccc(N(c4ccc(-c5cccc(-n6c7ccccc7c7ccccc76)c5)cc4)c4cccc(-c5ccc6c(c5)oc5ccccc56)c4)c3)cc2)cc1. The van der Waals surface area contributed by atoms with Crippen molar-refractivity contribution < 1.29 is 4.42 Å². The molecule has 12 rings (SSSR count). The highest BCUT2D eigenvalue weighted by atomic mass is 16.3. The van der Waals surface area contributed by atoms with Crippen LogP contribution in [-0.4, -0.2) is 4.57 Å². The van der Waals surface area contributed by atoms with Crippen molar-refractivity contribution in [3.8, 4) is 50.2 Å². The summed E-state index contributed by atoms with van der Waals surface area (Å²) in [7, 11) is 0. The smallest absolute Gasteiger partial charge is 0.136 e. The molecule has 0 radical (unpaired) electrons. The van der Waals surface area contributed by atoms with Gasteiger partial charge in [-0.15, -0.1) is 0 Å². The lowest BCUT2D eigenvalue weighted by atomic mass is 9.99. The minimum atomic E-state index is 0.889. The number of rotatable bonds is 8. The maximum absolute atomic E-state index is 6.32. The summed E-state index contributed by atoms with van der Waals surface area (Å²) in [6.07, 6.45) is 0. The van der Waals surface area contributed by atoms with Crippen LogP contribution in [0.25, 0.3) is 93.9 Å². The second-order valence-corrected chi connectivity index (χ2v) is 16.2. The summed E-state index contributed by atoms with van der Waals surface area (Å²) < 4.78 is 8.70. The van der Waals surface area contributed by atoms with Crippen molar-refractivity contribution in [3.63, 3.8) is 0 Å². The molecular weight excluding hydrogens is 765 g/mol. The number of hydrogen-bond donors (Lipinski definition) is 0. The Morgan fingerprint density at radius 1 is 0.270 bits per heavy atom. The van der Waals surface area contributed by atoms with E-state index in [2.05, 4.69) is 240 Å². The zero-order valence-corrected chi connectivity index (χ0v) is 34.4. The van der Waals surface area contributed by atoms with Crippen LogP contribution < -0.4 is 4.90 Å². The van der Waals surface area contributed by atoms with Crippen molar-refractivity contribution in [2.24, 2.45) is 0 Å². The monoisotopic (exact) mass is 804 g/mol. The predicted octanol–water partition coefficient (Wildman–Crippen LogP) is 16.8. The number of anilines is 3. The fourth-order valence-electron chi connectivity index (χ4n) is 9.32. The van der Waals surface area contributed by atoms with Crippen LogP contribution in [0.4, 0.5) is 17.1 Å². The maximum Gasteiger partial charge on any atom is 0.136 e. The number of para-hydroxylation sites is 3. The Labute approximate surface area is 366 Å². The first-order valence-electron chi connectivity index (χ1n) is 21.5. The van der Waals surface area contributed by atoms with Crippen LogP contribution in [0.3, 0.4) is 0 Å². The predicted molar refractivity (Wildman–Crippen MR) is 264 cm³/mol. The van der Waals surface area contributed by atoms with Gasteiger partial charge in [-0.1, -0.05) is 164 Å². The Morgan fingerprint density at radius 3 is 1.38 bits per heavy atom. The fourth-order valence-corrected chi connectivity index (χ4v) is 9.32. The zero-order valence-electron chi connectivity index (χ0n) is 34.4. The van der Waals surface area contributed by atoms with E-state index in [0.717, 1.165) is 72.5 Å². The molecule has 0 bridgehead atoms. The van der Waals surface area contributed by atoms with Gasteiger partial charge in [-0.05, 0) is 123 Å². The van der Waals surface area contributed by atoms with Gasteiger partial charge in [-0.3, -0.25) is 0 Å². The molecule has 2 heterocycles. The maximum atomic E-state index is 6.32. The van der Waals surface area contributed by atoms with Crippen LogP contribution in [0.5, 0.6) is 0 Å². The summed E-state index contributed by atoms with van der Waals surface area (Å²) >= 11 is 0. The van der Waals surface area contributed by atoms with Gasteiger partial charge >= 0.3 is 0 Å². The van der Waals surface area contributed by atoms with Gasteiger partial charge in [0.25, 0.3) is 0 Å². The molecule has 10 aromatic carbocycles. The van der Waals surface area contributed by atoms with Crippen LogP contribution in [0.1, 0.15) is 0 Å². The van der Waals surface area contributed by atoms with Crippen molar-refractivity contribution >= 4 is 60.8 Å². The summed E-state index contributed by atoms with van der Waals surface area (Å²) in [5, 5.41) is 4.78. The molecule has 3 heteroatoms. The molecule has 0 amide bonds. The molecule has 12 aromatic rings. The van der Waals surface area contributed by atoms with Gasteiger partial charge in [0.15, 0.2) is 0 Å². The Kier molecular flexibility index (Phi) is 8.83. The number of furan rings is 1. The van der Waals surface area contributed by atoms with Gasteiger partial charge in [0, 0.05) is 44.3 Å². The van der Waals surface area contributed by atoms with Crippen LogP contribution in [-0.2, 0) is 0 Å². The second kappa shape index (κ2) is 15.3. The van der Waals surface area contributed by atoms with Crippen molar-refractivity contribution in [2.45, 2.75) is 0 Å². The first kappa shape index (κ1) is 36.5. The number of hydrogen-bond acceptors (Lipinski definition) is 2. The largest absolute Gasteiger partial charge is 0.456 e. The Morgan fingerprint density at radius 2 is 0.714 bits per heavy atom. The first-order chi connectivity index (χ1) is 31.2. The van der Waals surface area contributed by atoms with Gasteiger partial charge < -0.3 is 13.9 Å². The van der Waals surface area contributed by atoms with Crippen molar-refractivity contribution in [1.29, 1.82) is 0 Å². The molecule has 63 heavy (non-hydrogen) atoms. The topological polar surface area (TPSA) is 21.3 Å². The Hall–Kier alpha value is -8.40. The highest BCUT2D eigenvalue weighted by Gasteiger charge is 2.17. The standard InChI is InChI=1S/C60H40N2O/c1-2-13-41(14-3-1)42-27-29-43(30-28-42)45-15-10-18-50(37-45)61(51-19-12-17-47(39-51)48-33-36-56-55-23-6-9-26-59(55)63-60(56)40-48)49-34-31-44(32-35-49)46-16-11-20-52(38-46)62-57-24-7-4-21-53(57)54-22-5-8-25-58(54)62/h1-40H. The molecule has 3 nitrogen and oxygen atoms in total. The van der Waals surface area contributed by atoms with Gasteiger partial charge in [0.1, 0.15) is 11.2 Å². The molecule has 0 fully saturated rings. The van der Waals surface area contributed by atoms with Gasteiger partial charge in [0.05, 0.1) is 11.0 Å². The number of benzene rings is 10. The van der Waals surface area contributed by atoms with Crippen LogP contribution in [0.15, 0.2) is 247 Å². The molecule has 0 aliphatic heterocycles.